The van der Waals surface area contributed by atoms with Crippen LogP contribution >= 0.6 is 15.9 Å². The maximum atomic E-state index is 9.14. The molecule has 0 bridgehead atoms. The van der Waals surface area contributed by atoms with Crippen molar-refractivity contribution in [2.45, 2.75) is 6.61 Å². The Hall–Kier alpha value is -0.860. The largest absolute Gasteiger partial charge is 0.392 e. The fourth-order valence-electron chi connectivity index (χ4n) is 1.50. The third-order valence-electron chi connectivity index (χ3n) is 2.11. The molecule has 0 saturated carbocycles. The van der Waals surface area contributed by atoms with E-state index in [1.807, 2.05) is 36.4 Å². The fraction of sp³-hybridized carbons (Fsp3) is 0.0909. The van der Waals surface area contributed by atoms with Crippen LogP contribution in [0, 0.1) is 0 Å². The molecule has 1 nitrogen and oxygen atoms in total. The second-order valence-corrected chi connectivity index (χ2v) is 3.77. The Labute approximate surface area is 85.1 Å². The van der Waals surface area contributed by atoms with E-state index in [1.165, 1.54) is 0 Å². The summed E-state index contributed by atoms with van der Waals surface area (Å²) in [5, 5.41) is 11.4. The van der Waals surface area contributed by atoms with E-state index in [4.69, 9.17) is 5.11 Å². The van der Waals surface area contributed by atoms with Crippen LogP contribution in [0.3, 0.4) is 0 Å². The predicted molar refractivity (Wildman–Crippen MR) is 57.6 cm³/mol. The summed E-state index contributed by atoms with van der Waals surface area (Å²) in [6, 6.07) is 12.0. The molecule has 0 atom stereocenters. The summed E-state index contributed by atoms with van der Waals surface area (Å²) in [5.74, 6) is 0. The van der Waals surface area contributed by atoms with Crippen molar-refractivity contribution in [2.75, 3.05) is 0 Å². The van der Waals surface area contributed by atoms with Crippen molar-refractivity contribution >= 4 is 26.7 Å². The lowest BCUT2D eigenvalue weighted by atomic mass is 10.1. The molecule has 2 aromatic rings. The second-order valence-electron chi connectivity index (χ2n) is 2.91. The van der Waals surface area contributed by atoms with E-state index in [9.17, 15) is 0 Å². The molecule has 0 spiro atoms. The predicted octanol–water partition coefficient (Wildman–Crippen LogP) is 3.09. The molecule has 0 unspecified atom stereocenters. The van der Waals surface area contributed by atoms with Crippen LogP contribution in [0.5, 0.6) is 0 Å². The van der Waals surface area contributed by atoms with Gasteiger partial charge in [0.2, 0.25) is 0 Å². The Morgan fingerprint density at radius 1 is 1.08 bits per heavy atom. The SMILES string of the molecule is OCc1cccc2cccc(Br)c12. The summed E-state index contributed by atoms with van der Waals surface area (Å²) in [6.45, 7) is 0.0833. The van der Waals surface area contributed by atoms with Crippen LogP contribution in [0.1, 0.15) is 5.56 Å². The zero-order valence-electron chi connectivity index (χ0n) is 7.00. The number of hydrogen-bond donors (Lipinski definition) is 1. The van der Waals surface area contributed by atoms with Crippen LogP contribution in [0.25, 0.3) is 10.8 Å². The maximum absolute atomic E-state index is 9.14. The highest BCUT2D eigenvalue weighted by Gasteiger charge is 2.02. The minimum absolute atomic E-state index is 0.0833. The minimum atomic E-state index is 0.0833. The Morgan fingerprint density at radius 2 is 1.77 bits per heavy atom. The van der Waals surface area contributed by atoms with Crippen molar-refractivity contribution < 1.29 is 5.11 Å². The monoisotopic (exact) mass is 236 g/mol. The van der Waals surface area contributed by atoms with Crippen LogP contribution in [-0.2, 0) is 6.61 Å². The number of aliphatic hydroxyl groups is 1. The van der Waals surface area contributed by atoms with Crippen molar-refractivity contribution in [1.82, 2.24) is 0 Å². The number of aliphatic hydroxyl groups excluding tert-OH is 1. The summed E-state index contributed by atoms with van der Waals surface area (Å²) in [7, 11) is 0. The van der Waals surface area contributed by atoms with E-state index >= 15 is 0 Å². The van der Waals surface area contributed by atoms with Crippen molar-refractivity contribution in [1.29, 1.82) is 0 Å². The third-order valence-corrected chi connectivity index (χ3v) is 2.77. The molecule has 0 saturated heterocycles. The zero-order valence-corrected chi connectivity index (χ0v) is 8.58. The molecule has 66 valence electrons. The van der Waals surface area contributed by atoms with E-state index in [-0.39, 0.29) is 6.61 Å². The third kappa shape index (κ3) is 1.47. The molecule has 1 N–H and O–H groups in total. The molecule has 0 radical (unpaired) electrons. The van der Waals surface area contributed by atoms with Gasteiger partial charge in [0.15, 0.2) is 0 Å². The molecular formula is C11H9BrO. The molecule has 0 amide bonds. The van der Waals surface area contributed by atoms with E-state index in [2.05, 4.69) is 15.9 Å². The second kappa shape index (κ2) is 3.48. The van der Waals surface area contributed by atoms with Crippen molar-refractivity contribution in [3.63, 3.8) is 0 Å². The van der Waals surface area contributed by atoms with Gasteiger partial charge in [0.05, 0.1) is 6.61 Å². The Balaban J connectivity index is 2.87. The molecule has 0 fully saturated rings. The summed E-state index contributed by atoms with van der Waals surface area (Å²) in [6.07, 6.45) is 0. The molecule has 0 heterocycles. The topological polar surface area (TPSA) is 20.2 Å². The first-order chi connectivity index (χ1) is 6.33. The summed E-state index contributed by atoms with van der Waals surface area (Å²) < 4.78 is 1.04. The average molecular weight is 237 g/mol. The minimum Gasteiger partial charge on any atom is -0.392 e. The van der Waals surface area contributed by atoms with Gasteiger partial charge >= 0.3 is 0 Å². The standard InChI is InChI=1S/C11H9BrO/c12-10-6-2-4-8-3-1-5-9(7-13)11(8)10/h1-6,13H,7H2. The van der Waals surface area contributed by atoms with Crippen molar-refractivity contribution in [2.24, 2.45) is 0 Å². The highest BCUT2D eigenvalue weighted by atomic mass is 79.9. The first kappa shape index (κ1) is 8.73. The zero-order chi connectivity index (χ0) is 9.26. The number of rotatable bonds is 1. The van der Waals surface area contributed by atoms with Gasteiger partial charge in [-0.2, -0.15) is 0 Å². The van der Waals surface area contributed by atoms with Crippen LogP contribution < -0.4 is 0 Å². The number of fused-ring (bicyclic) bond motifs is 1. The molecule has 2 aromatic carbocycles. The van der Waals surface area contributed by atoms with E-state index < -0.39 is 0 Å². The smallest absolute Gasteiger partial charge is 0.0688 e. The highest BCUT2D eigenvalue weighted by molar-refractivity contribution is 9.10. The van der Waals surface area contributed by atoms with Crippen LogP contribution in [0.15, 0.2) is 40.9 Å². The molecular weight excluding hydrogens is 228 g/mol. The molecule has 0 aliphatic heterocycles. The lowest BCUT2D eigenvalue weighted by Gasteiger charge is -2.04. The lowest BCUT2D eigenvalue weighted by molar-refractivity contribution is 0.283. The summed E-state index contributed by atoms with van der Waals surface area (Å²) in [4.78, 5) is 0. The molecule has 13 heavy (non-hydrogen) atoms. The Bertz CT molecular complexity index is 432. The summed E-state index contributed by atoms with van der Waals surface area (Å²) in [5.41, 5.74) is 0.963. The lowest BCUT2D eigenvalue weighted by Crippen LogP contribution is -1.85. The Morgan fingerprint density at radius 3 is 2.46 bits per heavy atom. The van der Waals surface area contributed by atoms with Crippen molar-refractivity contribution in [3.8, 4) is 0 Å². The maximum Gasteiger partial charge on any atom is 0.0688 e. The van der Waals surface area contributed by atoms with Gasteiger partial charge in [-0.05, 0) is 17.0 Å². The number of benzene rings is 2. The van der Waals surface area contributed by atoms with Crippen LogP contribution in [0.2, 0.25) is 0 Å². The highest BCUT2D eigenvalue weighted by Crippen LogP contribution is 2.26. The van der Waals surface area contributed by atoms with Gasteiger partial charge in [-0.1, -0.05) is 46.3 Å². The quantitative estimate of drug-likeness (QED) is 0.807. The molecule has 0 aromatic heterocycles. The van der Waals surface area contributed by atoms with E-state index in [1.54, 1.807) is 0 Å². The van der Waals surface area contributed by atoms with Gasteiger partial charge in [0.1, 0.15) is 0 Å². The molecule has 0 aliphatic carbocycles. The number of halogens is 1. The van der Waals surface area contributed by atoms with Gasteiger partial charge in [0.25, 0.3) is 0 Å². The van der Waals surface area contributed by atoms with E-state index in [0.29, 0.717) is 0 Å². The Kier molecular flexibility index (Phi) is 2.34. The molecule has 2 rings (SSSR count). The number of hydrogen-bond acceptors (Lipinski definition) is 1. The first-order valence-corrected chi connectivity index (χ1v) is 4.89. The molecule has 0 aliphatic rings. The van der Waals surface area contributed by atoms with Gasteiger partial charge in [-0.15, -0.1) is 0 Å². The summed E-state index contributed by atoms with van der Waals surface area (Å²) >= 11 is 3.48. The van der Waals surface area contributed by atoms with Gasteiger partial charge in [-0.3, -0.25) is 0 Å². The van der Waals surface area contributed by atoms with Gasteiger partial charge < -0.3 is 5.11 Å². The van der Waals surface area contributed by atoms with E-state index in [0.717, 1.165) is 20.8 Å². The van der Waals surface area contributed by atoms with Crippen LogP contribution in [0.4, 0.5) is 0 Å². The molecule has 2 heteroatoms. The van der Waals surface area contributed by atoms with Crippen molar-refractivity contribution in [3.05, 3.63) is 46.4 Å². The first-order valence-electron chi connectivity index (χ1n) is 4.10. The van der Waals surface area contributed by atoms with Gasteiger partial charge in [0, 0.05) is 9.86 Å². The fourth-order valence-corrected chi connectivity index (χ4v) is 2.14. The van der Waals surface area contributed by atoms with Crippen LogP contribution in [-0.4, -0.2) is 5.11 Å². The average Bonchev–Trinajstić information content (AvgIpc) is 2.17. The normalized spacial score (nSPS) is 10.6. The van der Waals surface area contributed by atoms with Gasteiger partial charge in [-0.25, -0.2) is 0 Å².